The molecule has 2 aromatic rings. The molecule has 19 heavy (non-hydrogen) atoms. The summed E-state index contributed by atoms with van der Waals surface area (Å²) >= 11 is 8.07. The van der Waals surface area contributed by atoms with Crippen molar-refractivity contribution in [2.45, 2.75) is 33.2 Å². The van der Waals surface area contributed by atoms with E-state index in [-0.39, 0.29) is 6.04 Å². The normalized spacial score (nSPS) is 12.6. The lowest BCUT2D eigenvalue weighted by Crippen LogP contribution is -2.24. The van der Waals surface area contributed by atoms with Crippen molar-refractivity contribution in [3.63, 3.8) is 0 Å². The lowest BCUT2D eigenvalue weighted by atomic mass is 9.95. The fourth-order valence-electron chi connectivity index (χ4n) is 2.31. The van der Waals surface area contributed by atoms with Gasteiger partial charge in [0.1, 0.15) is 0 Å². The Kier molecular flexibility index (Phi) is 5.03. The molecule has 0 saturated heterocycles. The van der Waals surface area contributed by atoms with E-state index in [9.17, 15) is 0 Å². The summed E-state index contributed by atoms with van der Waals surface area (Å²) in [4.78, 5) is 1.37. The summed E-state index contributed by atoms with van der Waals surface area (Å²) in [5.41, 5.74) is 3.81. The number of hydrogen-bond acceptors (Lipinski definition) is 2. The second kappa shape index (κ2) is 6.56. The first kappa shape index (κ1) is 14.6. The second-order valence-electron chi connectivity index (χ2n) is 4.77. The SMILES string of the molecule is CCCNC(c1ccsc1C)c1cccc(Cl)c1C. The minimum Gasteiger partial charge on any atom is -0.306 e. The van der Waals surface area contributed by atoms with Gasteiger partial charge in [-0.3, -0.25) is 0 Å². The van der Waals surface area contributed by atoms with Crippen LogP contribution in [0.1, 0.15) is 41.0 Å². The molecule has 0 aliphatic rings. The van der Waals surface area contributed by atoms with E-state index in [1.165, 1.54) is 21.6 Å². The van der Waals surface area contributed by atoms with Crippen molar-refractivity contribution in [1.29, 1.82) is 0 Å². The molecule has 0 aliphatic heterocycles. The van der Waals surface area contributed by atoms with Gasteiger partial charge in [0, 0.05) is 9.90 Å². The predicted molar refractivity (Wildman–Crippen MR) is 85.4 cm³/mol. The predicted octanol–water partition coefficient (Wildman–Crippen LogP) is 5.11. The van der Waals surface area contributed by atoms with Gasteiger partial charge in [0.15, 0.2) is 0 Å². The van der Waals surface area contributed by atoms with Gasteiger partial charge in [-0.1, -0.05) is 30.7 Å². The van der Waals surface area contributed by atoms with Crippen molar-refractivity contribution in [2.75, 3.05) is 6.54 Å². The average molecular weight is 294 g/mol. The van der Waals surface area contributed by atoms with Crippen LogP contribution >= 0.6 is 22.9 Å². The number of benzene rings is 1. The number of aryl methyl sites for hydroxylation is 1. The Morgan fingerprint density at radius 2 is 2.00 bits per heavy atom. The Hall–Kier alpha value is -0.830. The van der Waals surface area contributed by atoms with E-state index in [1.807, 2.05) is 12.1 Å². The molecule has 1 aromatic carbocycles. The number of nitrogens with one attached hydrogen (secondary N) is 1. The van der Waals surface area contributed by atoms with Gasteiger partial charge >= 0.3 is 0 Å². The highest BCUT2D eigenvalue weighted by atomic mass is 35.5. The van der Waals surface area contributed by atoms with Crippen molar-refractivity contribution < 1.29 is 0 Å². The van der Waals surface area contributed by atoms with Crippen LogP contribution in [0.15, 0.2) is 29.6 Å². The Labute approximate surface area is 124 Å². The largest absolute Gasteiger partial charge is 0.306 e. The molecule has 1 aromatic heterocycles. The summed E-state index contributed by atoms with van der Waals surface area (Å²) in [5.74, 6) is 0. The summed E-state index contributed by atoms with van der Waals surface area (Å²) in [6.45, 7) is 7.47. The van der Waals surface area contributed by atoms with Crippen LogP contribution in [0.4, 0.5) is 0 Å². The topological polar surface area (TPSA) is 12.0 Å². The Morgan fingerprint density at radius 1 is 1.21 bits per heavy atom. The maximum atomic E-state index is 6.27. The van der Waals surface area contributed by atoms with Crippen LogP contribution in [0, 0.1) is 13.8 Å². The van der Waals surface area contributed by atoms with Crippen LogP contribution in [0.3, 0.4) is 0 Å². The third-order valence-corrected chi connectivity index (χ3v) is 4.70. The molecule has 0 amide bonds. The van der Waals surface area contributed by atoms with E-state index in [0.717, 1.165) is 18.0 Å². The highest BCUT2D eigenvalue weighted by Crippen LogP contribution is 2.32. The van der Waals surface area contributed by atoms with Crippen LogP contribution in [0.5, 0.6) is 0 Å². The van der Waals surface area contributed by atoms with Gasteiger partial charge in [0.2, 0.25) is 0 Å². The highest BCUT2D eigenvalue weighted by Gasteiger charge is 2.18. The molecular weight excluding hydrogens is 274 g/mol. The minimum atomic E-state index is 0.241. The third-order valence-electron chi connectivity index (χ3n) is 3.43. The van der Waals surface area contributed by atoms with E-state index >= 15 is 0 Å². The summed E-state index contributed by atoms with van der Waals surface area (Å²) in [6, 6.07) is 8.62. The van der Waals surface area contributed by atoms with Crippen LogP contribution in [0.2, 0.25) is 5.02 Å². The number of thiophene rings is 1. The van der Waals surface area contributed by atoms with Crippen molar-refractivity contribution >= 4 is 22.9 Å². The van der Waals surface area contributed by atoms with E-state index in [0.29, 0.717) is 0 Å². The number of halogens is 1. The second-order valence-corrected chi connectivity index (χ2v) is 6.30. The molecule has 1 heterocycles. The van der Waals surface area contributed by atoms with Gasteiger partial charge in [0.25, 0.3) is 0 Å². The molecule has 1 nitrogen and oxygen atoms in total. The highest BCUT2D eigenvalue weighted by molar-refractivity contribution is 7.10. The molecule has 0 saturated carbocycles. The first-order valence-corrected chi connectivity index (χ1v) is 7.93. The molecule has 0 spiro atoms. The summed E-state index contributed by atoms with van der Waals surface area (Å²) in [7, 11) is 0. The quantitative estimate of drug-likeness (QED) is 0.808. The average Bonchev–Trinajstić information content (AvgIpc) is 2.81. The van der Waals surface area contributed by atoms with Gasteiger partial charge in [-0.05, 0) is 61.0 Å². The van der Waals surface area contributed by atoms with Crippen LogP contribution < -0.4 is 5.32 Å². The fourth-order valence-corrected chi connectivity index (χ4v) is 3.23. The van der Waals surface area contributed by atoms with Gasteiger partial charge in [-0.2, -0.15) is 0 Å². The van der Waals surface area contributed by atoms with Crippen LogP contribution in [-0.4, -0.2) is 6.54 Å². The molecule has 1 N–H and O–H groups in total. The van der Waals surface area contributed by atoms with Crippen molar-refractivity contribution in [2.24, 2.45) is 0 Å². The number of hydrogen-bond donors (Lipinski definition) is 1. The zero-order valence-corrected chi connectivity index (χ0v) is 13.2. The molecule has 2 rings (SSSR count). The molecule has 102 valence electrons. The molecule has 3 heteroatoms. The summed E-state index contributed by atoms with van der Waals surface area (Å²) in [6.07, 6.45) is 1.12. The minimum absolute atomic E-state index is 0.241. The lowest BCUT2D eigenvalue weighted by molar-refractivity contribution is 0.596. The molecule has 0 bridgehead atoms. The molecule has 0 aliphatic carbocycles. The van der Waals surface area contributed by atoms with Gasteiger partial charge in [0.05, 0.1) is 6.04 Å². The smallest absolute Gasteiger partial charge is 0.0590 e. The Morgan fingerprint density at radius 3 is 2.63 bits per heavy atom. The maximum Gasteiger partial charge on any atom is 0.0590 e. The van der Waals surface area contributed by atoms with E-state index in [4.69, 9.17) is 11.6 Å². The van der Waals surface area contributed by atoms with Gasteiger partial charge in [-0.15, -0.1) is 11.3 Å². The Bertz CT molecular complexity index is 547. The summed E-state index contributed by atoms with van der Waals surface area (Å²) in [5, 5.41) is 6.64. The van der Waals surface area contributed by atoms with Crippen molar-refractivity contribution in [3.8, 4) is 0 Å². The van der Waals surface area contributed by atoms with Crippen LogP contribution in [-0.2, 0) is 0 Å². The Balaban J connectivity index is 2.43. The zero-order chi connectivity index (χ0) is 13.8. The van der Waals surface area contributed by atoms with Crippen molar-refractivity contribution in [3.05, 3.63) is 56.2 Å². The maximum absolute atomic E-state index is 6.27. The molecule has 0 radical (unpaired) electrons. The van der Waals surface area contributed by atoms with Gasteiger partial charge in [-0.25, -0.2) is 0 Å². The van der Waals surface area contributed by atoms with E-state index in [1.54, 1.807) is 11.3 Å². The zero-order valence-electron chi connectivity index (χ0n) is 11.7. The van der Waals surface area contributed by atoms with E-state index < -0.39 is 0 Å². The third kappa shape index (κ3) is 3.19. The first-order chi connectivity index (χ1) is 9.15. The van der Waals surface area contributed by atoms with Gasteiger partial charge < -0.3 is 5.32 Å². The molecule has 1 atom stereocenters. The fraction of sp³-hybridized carbons (Fsp3) is 0.375. The standard InChI is InChI=1S/C16H20ClNS/c1-4-9-18-16(14-8-10-19-12(14)3)13-6-5-7-15(17)11(13)2/h5-8,10,16,18H,4,9H2,1-3H3. The molecule has 0 fully saturated rings. The van der Waals surface area contributed by atoms with Crippen molar-refractivity contribution in [1.82, 2.24) is 5.32 Å². The van der Waals surface area contributed by atoms with Crippen LogP contribution in [0.25, 0.3) is 0 Å². The molecular formula is C16H20ClNS. The lowest BCUT2D eigenvalue weighted by Gasteiger charge is -2.22. The summed E-state index contributed by atoms with van der Waals surface area (Å²) < 4.78 is 0. The molecule has 1 unspecified atom stereocenters. The first-order valence-electron chi connectivity index (χ1n) is 6.67. The number of rotatable bonds is 5. The van der Waals surface area contributed by atoms with E-state index in [2.05, 4.69) is 43.6 Å². The monoisotopic (exact) mass is 293 g/mol.